The smallest absolute Gasteiger partial charge is 0.247 e. The lowest BCUT2D eigenvalue weighted by Gasteiger charge is -2.39. The first kappa shape index (κ1) is 31.0. The Balaban J connectivity index is 1.40. The lowest BCUT2D eigenvalue weighted by atomic mass is 10.0. The minimum absolute atomic E-state index is 0.00970. The Hall–Kier alpha value is -4.48. The molecule has 5 nitrogen and oxygen atoms in total. The number of nitrogens with zero attached hydrogens (tertiary/aromatic N) is 3. The molecule has 5 heteroatoms. The number of hydrogen-bond acceptors (Lipinski definition) is 3. The molecule has 0 N–H and O–H groups in total. The molecule has 5 rings (SSSR count). The third-order valence-electron chi connectivity index (χ3n) is 8.43. The molecule has 1 fully saturated rings. The Morgan fingerprint density at radius 2 is 1.32 bits per heavy atom. The van der Waals surface area contributed by atoms with Gasteiger partial charge in [0.15, 0.2) is 0 Å². The molecule has 1 aliphatic heterocycles. The van der Waals surface area contributed by atoms with Crippen LogP contribution in [0.25, 0.3) is 6.08 Å². The highest BCUT2D eigenvalue weighted by Gasteiger charge is 2.34. The van der Waals surface area contributed by atoms with Crippen molar-refractivity contribution in [1.29, 1.82) is 0 Å². The Kier molecular flexibility index (Phi) is 10.8. The van der Waals surface area contributed by atoms with Crippen LogP contribution in [0.4, 0.5) is 0 Å². The Morgan fingerprint density at radius 1 is 0.727 bits per heavy atom. The SMILES string of the molecule is CCc1ccc(CN(C(=O)C=Cc2ccc(C)cc2)C(Cc2ccccc2)C(=O)N2CCN(Cc3ccccc3)CC2)cc1. The van der Waals surface area contributed by atoms with Crippen LogP contribution < -0.4 is 0 Å². The highest BCUT2D eigenvalue weighted by atomic mass is 16.2. The van der Waals surface area contributed by atoms with Gasteiger partial charge in [0.2, 0.25) is 11.8 Å². The average Bonchev–Trinajstić information content (AvgIpc) is 3.07. The van der Waals surface area contributed by atoms with E-state index in [9.17, 15) is 9.59 Å². The second-order valence-electron chi connectivity index (χ2n) is 11.7. The van der Waals surface area contributed by atoms with Crippen molar-refractivity contribution in [1.82, 2.24) is 14.7 Å². The fourth-order valence-corrected chi connectivity index (χ4v) is 5.71. The molecule has 0 radical (unpaired) electrons. The van der Waals surface area contributed by atoms with E-state index in [-0.39, 0.29) is 11.8 Å². The molecule has 0 bridgehead atoms. The third kappa shape index (κ3) is 8.55. The monoisotopic (exact) mass is 585 g/mol. The van der Waals surface area contributed by atoms with Crippen molar-refractivity contribution in [3.05, 3.63) is 149 Å². The fraction of sp³-hybridized carbons (Fsp3) is 0.282. The predicted octanol–water partition coefficient (Wildman–Crippen LogP) is 6.56. The maximum atomic E-state index is 14.4. The van der Waals surface area contributed by atoms with Crippen LogP contribution in [-0.2, 0) is 35.5 Å². The molecule has 2 amide bonds. The van der Waals surface area contributed by atoms with Gasteiger partial charge in [-0.05, 0) is 47.2 Å². The maximum absolute atomic E-state index is 14.4. The van der Waals surface area contributed by atoms with Gasteiger partial charge in [-0.25, -0.2) is 0 Å². The molecule has 44 heavy (non-hydrogen) atoms. The van der Waals surface area contributed by atoms with E-state index in [1.807, 2.05) is 78.6 Å². The topological polar surface area (TPSA) is 43.9 Å². The molecule has 0 saturated carbocycles. The van der Waals surface area contributed by atoms with E-state index in [1.165, 1.54) is 16.7 Å². The van der Waals surface area contributed by atoms with E-state index < -0.39 is 6.04 Å². The van der Waals surface area contributed by atoms with Crippen molar-refractivity contribution in [2.75, 3.05) is 26.2 Å². The van der Waals surface area contributed by atoms with Crippen molar-refractivity contribution in [3.8, 4) is 0 Å². The van der Waals surface area contributed by atoms with Crippen molar-refractivity contribution in [2.45, 2.75) is 45.8 Å². The van der Waals surface area contributed by atoms with Crippen LogP contribution in [0.2, 0.25) is 0 Å². The second kappa shape index (κ2) is 15.3. The Bertz CT molecular complexity index is 1510. The highest BCUT2D eigenvalue weighted by molar-refractivity contribution is 5.95. The lowest BCUT2D eigenvalue weighted by Crippen LogP contribution is -2.56. The number of rotatable bonds is 11. The number of carbonyl (C=O) groups excluding carboxylic acids is 2. The number of amides is 2. The molecule has 0 aliphatic carbocycles. The molecule has 1 heterocycles. The van der Waals surface area contributed by atoms with Crippen molar-refractivity contribution < 1.29 is 9.59 Å². The molecule has 0 aromatic heterocycles. The van der Waals surface area contributed by atoms with E-state index in [2.05, 4.69) is 60.4 Å². The molecule has 4 aromatic rings. The summed E-state index contributed by atoms with van der Waals surface area (Å²) in [5, 5.41) is 0. The number of hydrogen-bond donors (Lipinski definition) is 0. The summed E-state index contributed by atoms with van der Waals surface area (Å²) in [6, 6.07) is 36.4. The van der Waals surface area contributed by atoms with Crippen LogP contribution in [0.3, 0.4) is 0 Å². The summed E-state index contributed by atoms with van der Waals surface area (Å²) in [5.41, 5.74) is 6.70. The first-order valence-corrected chi connectivity index (χ1v) is 15.7. The second-order valence-corrected chi connectivity index (χ2v) is 11.7. The molecular weight excluding hydrogens is 542 g/mol. The van der Waals surface area contributed by atoms with Crippen molar-refractivity contribution >= 4 is 17.9 Å². The van der Waals surface area contributed by atoms with E-state index in [0.717, 1.165) is 42.7 Å². The van der Waals surface area contributed by atoms with Gasteiger partial charge < -0.3 is 9.80 Å². The van der Waals surface area contributed by atoms with E-state index >= 15 is 0 Å². The van der Waals surface area contributed by atoms with Crippen LogP contribution in [-0.4, -0.2) is 58.7 Å². The lowest BCUT2D eigenvalue weighted by molar-refractivity contribution is -0.145. The van der Waals surface area contributed by atoms with E-state index in [4.69, 9.17) is 0 Å². The van der Waals surface area contributed by atoms with Crippen LogP contribution in [0.1, 0.15) is 40.3 Å². The van der Waals surface area contributed by atoms with Gasteiger partial charge in [0.05, 0.1) is 0 Å². The van der Waals surface area contributed by atoms with Crippen LogP contribution in [0, 0.1) is 6.92 Å². The van der Waals surface area contributed by atoms with Gasteiger partial charge in [0.25, 0.3) is 0 Å². The molecule has 1 aliphatic rings. The first-order chi connectivity index (χ1) is 21.5. The minimum atomic E-state index is -0.626. The maximum Gasteiger partial charge on any atom is 0.247 e. The van der Waals surface area contributed by atoms with Gasteiger partial charge in [0, 0.05) is 51.8 Å². The summed E-state index contributed by atoms with van der Waals surface area (Å²) >= 11 is 0. The summed E-state index contributed by atoms with van der Waals surface area (Å²) in [7, 11) is 0. The number of benzene rings is 4. The Labute approximate surface area is 262 Å². The highest BCUT2D eigenvalue weighted by Crippen LogP contribution is 2.20. The minimum Gasteiger partial charge on any atom is -0.338 e. The molecule has 0 spiro atoms. The van der Waals surface area contributed by atoms with E-state index in [0.29, 0.717) is 26.1 Å². The number of piperazine rings is 1. The van der Waals surface area contributed by atoms with Crippen LogP contribution >= 0.6 is 0 Å². The zero-order valence-electron chi connectivity index (χ0n) is 25.9. The summed E-state index contributed by atoms with van der Waals surface area (Å²) < 4.78 is 0. The molecular formula is C39H43N3O2. The fourth-order valence-electron chi connectivity index (χ4n) is 5.71. The molecule has 1 unspecified atom stereocenters. The standard InChI is InChI=1S/C39H43N3O2/c1-3-32-18-20-36(21-19-32)30-42(38(43)23-22-33-16-14-31(2)15-17-33)37(28-34-10-6-4-7-11-34)39(44)41-26-24-40(25-27-41)29-35-12-8-5-9-13-35/h4-23,37H,3,24-30H2,1-2H3. The summed E-state index contributed by atoms with van der Waals surface area (Å²) in [4.78, 5) is 34.6. The van der Waals surface area contributed by atoms with Crippen molar-refractivity contribution in [3.63, 3.8) is 0 Å². The largest absolute Gasteiger partial charge is 0.338 e. The Morgan fingerprint density at radius 3 is 1.93 bits per heavy atom. The van der Waals surface area contributed by atoms with Gasteiger partial charge in [-0.1, -0.05) is 122 Å². The molecule has 1 saturated heterocycles. The van der Waals surface area contributed by atoms with Gasteiger partial charge in [-0.15, -0.1) is 0 Å². The first-order valence-electron chi connectivity index (χ1n) is 15.7. The van der Waals surface area contributed by atoms with Gasteiger partial charge in [-0.3, -0.25) is 14.5 Å². The molecule has 4 aromatic carbocycles. The van der Waals surface area contributed by atoms with Gasteiger partial charge in [-0.2, -0.15) is 0 Å². The average molecular weight is 586 g/mol. The molecule has 226 valence electrons. The quantitative estimate of drug-likeness (QED) is 0.187. The number of aryl methyl sites for hydroxylation is 2. The van der Waals surface area contributed by atoms with Crippen LogP contribution in [0.15, 0.2) is 115 Å². The zero-order valence-corrected chi connectivity index (χ0v) is 25.9. The zero-order chi connectivity index (χ0) is 30.7. The summed E-state index contributed by atoms with van der Waals surface area (Å²) in [5.74, 6) is -0.155. The third-order valence-corrected chi connectivity index (χ3v) is 8.43. The number of carbonyl (C=O) groups is 2. The van der Waals surface area contributed by atoms with E-state index in [1.54, 1.807) is 11.0 Å². The summed E-state index contributed by atoms with van der Waals surface area (Å²) in [6.45, 7) is 8.31. The van der Waals surface area contributed by atoms with Gasteiger partial charge in [0.1, 0.15) is 6.04 Å². The normalized spacial score (nSPS) is 14.5. The van der Waals surface area contributed by atoms with Gasteiger partial charge >= 0.3 is 0 Å². The molecule has 1 atom stereocenters. The van der Waals surface area contributed by atoms with Crippen molar-refractivity contribution in [2.24, 2.45) is 0 Å². The summed E-state index contributed by atoms with van der Waals surface area (Å²) in [6.07, 6.45) is 4.88. The predicted molar refractivity (Wildman–Crippen MR) is 179 cm³/mol. The van der Waals surface area contributed by atoms with Crippen LogP contribution in [0.5, 0.6) is 0 Å².